The van der Waals surface area contributed by atoms with E-state index >= 15 is 0 Å². The van der Waals surface area contributed by atoms with Crippen LogP contribution in [0.5, 0.6) is 0 Å². The van der Waals surface area contributed by atoms with Crippen LogP contribution in [0.15, 0.2) is 42.5 Å². The van der Waals surface area contributed by atoms with Crippen molar-refractivity contribution in [3.63, 3.8) is 0 Å². The van der Waals surface area contributed by atoms with Gasteiger partial charge in [-0.3, -0.25) is 0 Å². The fourth-order valence-corrected chi connectivity index (χ4v) is 6.20. The molecule has 0 amide bonds. The second-order valence-corrected chi connectivity index (χ2v) is 14.8. The molecule has 0 aliphatic rings. The lowest BCUT2D eigenvalue weighted by molar-refractivity contribution is 0.250. The molecule has 1 aromatic rings. The van der Waals surface area contributed by atoms with Gasteiger partial charge in [-0.05, 0) is 83.3 Å². The Kier molecular flexibility index (Phi) is 8.55. The number of allylic oxidation sites excluding steroid dienone is 2. The third-order valence-corrected chi connectivity index (χ3v) is 6.76. The first-order valence-corrected chi connectivity index (χ1v) is 12.5. The number of benzene rings is 1. The van der Waals surface area contributed by atoms with Crippen LogP contribution in [0.1, 0.15) is 132 Å². The van der Waals surface area contributed by atoms with Crippen LogP contribution in [0, 0.1) is 10.8 Å². The van der Waals surface area contributed by atoms with E-state index in [4.69, 9.17) is 0 Å². The van der Waals surface area contributed by atoms with Gasteiger partial charge in [0.25, 0.3) is 0 Å². The molecule has 0 bridgehead atoms. The van der Waals surface area contributed by atoms with Gasteiger partial charge < -0.3 is 0 Å². The van der Waals surface area contributed by atoms with Crippen LogP contribution in [0.3, 0.4) is 0 Å². The van der Waals surface area contributed by atoms with E-state index in [1.54, 1.807) is 0 Å². The van der Waals surface area contributed by atoms with Crippen molar-refractivity contribution < 1.29 is 0 Å². The van der Waals surface area contributed by atoms with Gasteiger partial charge in [0.2, 0.25) is 0 Å². The standard InChI is InChI=1S/C32H54/c1-23(2)19-29(8,9)21-31(12,13)26-16-25(28(5,6)7)17-27(18-26)32(14,15)22-30(10,11)20-24(3)4/h16-18H,1,3,19-22H2,2,4-15H3. The number of hydrogen-bond donors (Lipinski definition) is 0. The van der Waals surface area contributed by atoms with Gasteiger partial charge in [-0.15, -0.1) is 13.2 Å². The summed E-state index contributed by atoms with van der Waals surface area (Å²) in [5.41, 5.74) is 7.71. The largest absolute Gasteiger partial charge is 0.100 e. The molecule has 0 saturated heterocycles. The van der Waals surface area contributed by atoms with Crippen molar-refractivity contribution in [1.29, 1.82) is 0 Å². The molecule has 0 aliphatic heterocycles. The monoisotopic (exact) mass is 438 g/mol. The van der Waals surface area contributed by atoms with Crippen molar-refractivity contribution in [3.8, 4) is 0 Å². The quantitative estimate of drug-likeness (QED) is 0.319. The molecule has 0 heteroatoms. The highest BCUT2D eigenvalue weighted by atomic mass is 14.4. The molecule has 0 atom stereocenters. The normalized spacial score (nSPS) is 13.9. The first kappa shape index (κ1) is 28.7. The second kappa shape index (κ2) is 9.52. The highest BCUT2D eigenvalue weighted by molar-refractivity contribution is 5.41. The summed E-state index contributed by atoms with van der Waals surface area (Å²) in [4.78, 5) is 0. The van der Waals surface area contributed by atoms with Crippen molar-refractivity contribution in [3.05, 3.63) is 59.2 Å². The molecule has 1 aromatic carbocycles. The molecular weight excluding hydrogens is 384 g/mol. The Morgan fingerprint density at radius 2 is 0.844 bits per heavy atom. The average Bonchev–Trinajstić information content (AvgIpc) is 2.48. The molecule has 32 heavy (non-hydrogen) atoms. The van der Waals surface area contributed by atoms with Crippen LogP contribution < -0.4 is 0 Å². The average molecular weight is 439 g/mol. The first-order chi connectivity index (χ1) is 14.1. The molecule has 0 aromatic heterocycles. The zero-order valence-electron chi connectivity index (χ0n) is 24.0. The van der Waals surface area contributed by atoms with E-state index in [1.165, 1.54) is 27.8 Å². The second-order valence-electron chi connectivity index (χ2n) is 14.8. The SMILES string of the molecule is C=C(C)CC(C)(C)CC(C)(C)c1cc(C(C)(C)C)cc(C(C)(C)CC(C)(C)CC(=C)C)c1. The highest BCUT2D eigenvalue weighted by Crippen LogP contribution is 2.45. The summed E-state index contributed by atoms with van der Waals surface area (Å²) in [7, 11) is 0. The summed E-state index contributed by atoms with van der Waals surface area (Å²) in [6.45, 7) is 39.0. The first-order valence-electron chi connectivity index (χ1n) is 12.5. The maximum Gasteiger partial charge on any atom is -0.00982 e. The van der Waals surface area contributed by atoms with Gasteiger partial charge in [-0.2, -0.15) is 0 Å². The lowest BCUT2D eigenvalue weighted by Gasteiger charge is -2.39. The Bertz CT molecular complexity index is 758. The van der Waals surface area contributed by atoms with E-state index in [1.807, 2.05) is 0 Å². The topological polar surface area (TPSA) is 0 Å². The van der Waals surface area contributed by atoms with Gasteiger partial charge >= 0.3 is 0 Å². The Morgan fingerprint density at radius 3 is 1.09 bits per heavy atom. The summed E-state index contributed by atoms with van der Waals surface area (Å²) in [6.07, 6.45) is 4.43. The van der Waals surface area contributed by atoms with E-state index in [0.717, 1.165) is 25.7 Å². The fourth-order valence-electron chi connectivity index (χ4n) is 6.20. The molecule has 182 valence electrons. The molecule has 0 radical (unpaired) electrons. The predicted molar refractivity (Wildman–Crippen MR) is 147 cm³/mol. The molecule has 1 rings (SSSR count). The summed E-state index contributed by atoms with van der Waals surface area (Å²) in [5.74, 6) is 0. The minimum Gasteiger partial charge on any atom is -0.100 e. The van der Waals surface area contributed by atoms with Crippen LogP contribution in [-0.2, 0) is 16.2 Å². The van der Waals surface area contributed by atoms with Crippen LogP contribution in [0.25, 0.3) is 0 Å². The summed E-state index contributed by atoms with van der Waals surface area (Å²) in [6, 6.07) is 7.48. The Morgan fingerprint density at radius 1 is 0.562 bits per heavy atom. The number of hydrogen-bond acceptors (Lipinski definition) is 0. The zero-order chi connectivity index (χ0) is 25.3. The van der Waals surface area contributed by atoms with Crippen LogP contribution in [0.4, 0.5) is 0 Å². The summed E-state index contributed by atoms with van der Waals surface area (Å²) in [5, 5.41) is 0. The molecule has 0 saturated carbocycles. The highest BCUT2D eigenvalue weighted by Gasteiger charge is 2.35. The minimum absolute atomic E-state index is 0.0955. The molecule has 0 spiro atoms. The van der Waals surface area contributed by atoms with E-state index in [-0.39, 0.29) is 27.1 Å². The summed E-state index contributed by atoms with van der Waals surface area (Å²) < 4.78 is 0. The summed E-state index contributed by atoms with van der Waals surface area (Å²) >= 11 is 0. The van der Waals surface area contributed by atoms with Gasteiger partial charge in [0.1, 0.15) is 0 Å². The molecule has 0 unspecified atom stereocenters. The Balaban J connectivity index is 3.52. The third kappa shape index (κ3) is 8.57. The van der Waals surface area contributed by atoms with Crippen molar-refractivity contribution in [2.75, 3.05) is 0 Å². The zero-order valence-corrected chi connectivity index (χ0v) is 24.0. The van der Waals surface area contributed by atoms with Crippen molar-refractivity contribution >= 4 is 0 Å². The van der Waals surface area contributed by atoms with Crippen LogP contribution in [-0.4, -0.2) is 0 Å². The number of rotatable bonds is 10. The van der Waals surface area contributed by atoms with E-state index < -0.39 is 0 Å². The predicted octanol–water partition coefficient (Wildman–Crippen LogP) is 10.3. The van der Waals surface area contributed by atoms with Crippen LogP contribution >= 0.6 is 0 Å². The van der Waals surface area contributed by atoms with Gasteiger partial charge in [0.15, 0.2) is 0 Å². The smallest absolute Gasteiger partial charge is 0.00982 e. The van der Waals surface area contributed by atoms with Crippen molar-refractivity contribution in [2.45, 2.75) is 132 Å². The van der Waals surface area contributed by atoms with Gasteiger partial charge in [-0.1, -0.05) is 106 Å². The van der Waals surface area contributed by atoms with Crippen molar-refractivity contribution in [1.82, 2.24) is 0 Å². The maximum absolute atomic E-state index is 4.18. The Hall–Kier alpha value is -1.30. The van der Waals surface area contributed by atoms with Gasteiger partial charge in [-0.25, -0.2) is 0 Å². The molecule has 0 aliphatic carbocycles. The van der Waals surface area contributed by atoms with Crippen LogP contribution in [0.2, 0.25) is 0 Å². The molecule has 0 heterocycles. The lowest BCUT2D eigenvalue weighted by Crippen LogP contribution is -2.30. The van der Waals surface area contributed by atoms with E-state index in [2.05, 4.69) is 121 Å². The Labute approximate surface area is 202 Å². The minimum atomic E-state index is 0.0955. The molecule has 0 fully saturated rings. The van der Waals surface area contributed by atoms with Gasteiger partial charge in [0, 0.05) is 0 Å². The lowest BCUT2D eigenvalue weighted by atomic mass is 9.65. The third-order valence-electron chi connectivity index (χ3n) is 6.76. The van der Waals surface area contributed by atoms with E-state index in [0.29, 0.717) is 0 Å². The van der Waals surface area contributed by atoms with Gasteiger partial charge in [0.05, 0.1) is 0 Å². The van der Waals surface area contributed by atoms with Crippen molar-refractivity contribution in [2.24, 2.45) is 10.8 Å². The molecular formula is C32H54. The fraction of sp³-hybridized carbons (Fsp3) is 0.688. The molecule has 0 nitrogen and oxygen atoms in total. The maximum atomic E-state index is 4.18. The van der Waals surface area contributed by atoms with E-state index in [9.17, 15) is 0 Å². The molecule has 0 N–H and O–H groups in total.